The molecule has 1 aromatic carbocycles. The number of pyridine rings is 1. The Balaban J connectivity index is 1.71. The van der Waals surface area contributed by atoms with Gasteiger partial charge in [-0.25, -0.2) is 9.29 Å². The number of aromatic nitrogens is 1. The first-order chi connectivity index (χ1) is 17.1. The van der Waals surface area contributed by atoms with Crippen LogP contribution in [0.4, 0.5) is 0 Å². The number of benzene rings is 1. The number of unbranched alkanes of at least 4 members (excludes halogenated alkanes) is 1. The minimum Gasteiger partial charge on any atom is -0.760 e. The fourth-order valence-corrected chi connectivity index (χ4v) is 5.59. The lowest BCUT2D eigenvalue weighted by Crippen LogP contribution is -2.27. The highest BCUT2D eigenvalue weighted by Gasteiger charge is 2.31. The van der Waals surface area contributed by atoms with Gasteiger partial charge in [-0.05, 0) is 50.2 Å². The first-order valence-corrected chi connectivity index (χ1v) is 15.3. The summed E-state index contributed by atoms with van der Waals surface area (Å²) in [4.78, 5) is 27.1. The molecule has 2 aromatic heterocycles. The summed E-state index contributed by atoms with van der Waals surface area (Å²) in [6.45, 7) is 3.57. The Morgan fingerprint density at radius 1 is 1.31 bits per heavy atom. The van der Waals surface area contributed by atoms with Gasteiger partial charge in [-0.3, -0.25) is 13.6 Å². The molecule has 194 valence electrons. The number of rotatable bonds is 11. The molecule has 0 radical (unpaired) electrons. The van der Waals surface area contributed by atoms with Gasteiger partial charge in [0.1, 0.15) is 5.76 Å². The van der Waals surface area contributed by atoms with Crippen molar-refractivity contribution in [3.63, 3.8) is 0 Å². The third kappa shape index (κ3) is 6.30. The standard InChI is InChI=1S/C25H32N3O6PS/c1-16-6-8-18(9-7-16)23-22(24(29)26-2)20-14-19(17-10-11-17)21(27-25(20)34-23)15-28(36(32)33)12-4-5-13-35(3,30)31/h6-9,14,17H,4-5,10-13,15H2,1-3H3,(H,26,29)(H,30,31)(H,32,33)/p-1. The number of amides is 1. The lowest BCUT2D eigenvalue weighted by atomic mass is 10.0. The number of hydrogen-bond acceptors (Lipinski definition) is 6. The molecule has 0 saturated heterocycles. The summed E-state index contributed by atoms with van der Waals surface area (Å²) < 4.78 is 42.9. The van der Waals surface area contributed by atoms with E-state index < -0.39 is 18.6 Å². The molecule has 9 nitrogen and oxygen atoms in total. The number of nitrogens with one attached hydrogen (secondary N) is 1. The average Bonchev–Trinajstić information content (AvgIpc) is 3.60. The Hall–Kier alpha value is -2.36. The molecule has 2 N–H and O–H groups in total. The number of fused-ring (bicyclic) bond motifs is 1. The van der Waals surface area contributed by atoms with Crippen LogP contribution in [0.5, 0.6) is 0 Å². The number of aryl methyl sites for hydroxylation is 1. The second-order valence-electron chi connectivity index (χ2n) is 9.46. The van der Waals surface area contributed by atoms with Crippen molar-refractivity contribution < 1.29 is 27.4 Å². The number of hydrogen-bond donors (Lipinski definition) is 2. The van der Waals surface area contributed by atoms with Crippen LogP contribution in [0.1, 0.15) is 58.8 Å². The van der Waals surface area contributed by atoms with E-state index in [0.717, 1.165) is 29.5 Å². The van der Waals surface area contributed by atoms with Gasteiger partial charge in [-0.2, -0.15) is 0 Å². The molecule has 1 saturated carbocycles. The largest absolute Gasteiger partial charge is 0.760 e. The predicted molar refractivity (Wildman–Crippen MR) is 139 cm³/mol. The molecule has 1 aliphatic carbocycles. The monoisotopic (exact) mass is 532 g/mol. The third-order valence-corrected chi connectivity index (χ3v) is 8.23. The number of carbonyl (C=O) groups is 1. The van der Waals surface area contributed by atoms with Gasteiger partial charge in [-0.15, -0.1) is 0 Å². The van der Waals surface area contributed by atoms with E-state index >= 15 is 0 Å². The zero-order valence-corrected chi connectivity index (χ0v) is 22.4. The second-order valence-corrected chi connectivity index (χ2v) is 13.0. The Morgan fingerprint density at radius 3 is 2.58 bits per heavy atom. The molecule has 0 bridgehead atoms. The topological polar surface area (TPSA) is 136 Å². The normalized spacial score (nSPS) is 16.3. The van der Waals surface area contributed by atoms with E-state index in [4.69, 9.17) is 9.40 Å². The molecule has 2 atom stereocenters. The van der Waals surface area contributed by atoms with Crippen molar-refractivity contribution in [3.05, 3.63) is 52.7 Å². The van der Waals surface area contributed by atoms with Crippen LogP contribution in [-0.2, 0) is 22.4 Å². The van der Waals surface area contributed by atoms with Crippen LogP contribution in [0.15, 0.2) is 34.7 Å². The highest BCUT2D eigenvalue weighted by molar-refractivity contribution is 7.76. The number of furan rings is 1. The maximum absolute atomic E-state index is 12.9. The quantitative estimate of drug-likeness (QED) is 0.213. The van der Waals surface area contributed by atoms with Gasteiger partial charge in [0.05, 0.1) is 23.2 Å². The number of carbonyl (C=O) groups excluding carboxylic acids is 1. The highest BCUT2D eigenvalue weighted by Crippen LogP contribution is 2.44. The SMILES string of the molecule is CNC(=O)c1c(-c2ccc(C)cc2)oc2nc(CN(CCCCP(C)(=O)O)S(=O)[O-])c(C3CC3)cc12. The Morgan fingerprint density at radius 2 is 2.00 bits per heavy atom. The lowest BCUT2D eigenvalue weighted by Gasteiger charge is -2.25. The zero-order chi connectivity index (χ0) is 26.0. The molecule has 1 amide bonds. The van der Waals surface area contributed by atoms with Crippen LogP contribution in [0.25, 0.3) is 22.4 Å². The van der Waals surface area contributed by atoms with E-state index in [9.17, 15) is 23.0 Å². The molecule has 4 rings (SSSR count). The molecule has 2 heterocycles. The molecule has 2 unspecified atom stereocenters. The molecule has 0 spiro atoms. The predicted octanol–water partition coefficient (Wildman–Crippen LogP) is 4.32. The van der Waals surface area contributed by atoms with Crippen molar-refractivity contribution in [2.24, 2.45) is 0 Å². The summed E-state index contributed by atoms with van der Waals surface area (Å²) in [5.41, 5.74) is 4.06. The molecule has 11 heteroatoms. The zero-order valence-electron chi connectivity index (χ0n) is 20.7. The summed E-state index contributed by atoms with van der Waals surface area (Å²) in [6.07, 6.45) is 3.02. The van der Waals surface area contributed by atoms with E-state index in [2.05, 4.69) is 5.32 Å². The minimum absolute atomic E-state index is 0.0661. The summed E-state index contributed by atoms with van der Waals surface area (Å²) in [7, 11) is -1.56. The second kappa shape index (κ2) is 10.9. The molecule has 36 heavy (non-hydrogen) atoms. The van der Waals surface area contributed by atoms with Gasteiger partial charge < -0.3 is 19.2 Å². The summed E-state index contributed by atoms with van der Waals surface area (Å²) in [6, 6.07) is 9.60. The summed E-state index contributed by atoms with van der Waals surface area (Å²) in [5.74, 6) is 0.405. The fraction of sp³-hybridized carbons (Fsp3) is 0.440. The van der Waals surface area contributed by atoms with E-state index in [0.29, 0.717) is 35.2 Å². The Kier molecular flexibility index (Phi) is 8.12. The molecule has 3 aromatic rings. The van der Waals surface area contributed by atoms with E-state index in [-0.39, 0.29) is 36.8 Å². The number of nitrogens with zero attached hydrogens (tertiary/aromatic N) is 2. The van der Waals surface area contributed by atoms with Crippen molar-refractivity contribution in [1.29, 1.82) is 0 Å². The van der Waals surface area contributed by atoms with Crippen molar-refractivity contribution in [2.45, 2.75) is 45.1 Å². The first kappa shape index (κ1) is 26.7. The lowest BCUT2D eigenvalue weighted by molar-refractivity contribution is 0.0964. The summed E-state index contributed by atoms with van der Waals surface area (Å²) >= 11 is -2.49. The molecular weight excluding hydrogens is 501 g/mol. The van der Waals surface area contributed by atoms with Gasteiger partial charge in [0.25, 0.3) is 5.91 Å². The maximum atomic E-state index is 12.9. The van der Waals surface area contributed by atoms with E-state index in [1.165, 1.54) is 11.0 Å². The van der Waals surface area contributed by atoms with E-state index in [1.54, 1.807) is 7.05 Å². The molecule has 1 aliphatic rings. The van der Waals surface area contributed by atoms with E-state index in [1.807, 2.05) is 37.3 Å². The Bertz CT molecular complexity index is 1330. The van der Waals surface area contributed by atoms with Gasteiger partial charge in [0.15, 0.2) is 7.37 Å². The first-order valence-electron chi connectivity index (χ1n) is 12.0. The molecule has 0 aliphatic heterocycles. The smallest absolute Gasteiger partial charge is 0.255 e. The molecular formula is C25H31N3O6PS-. The third-order valence-electron chi connectivity index (χ3n) is 6.35. The summed E-state index contributed by atoms with van der Waals surface area (Å²) in [5, 5.41) is 3.30. The van der Waals surface area contributed by atoms with Crippen molar-refractivity contribution >= 4 is 35.6 Å². The average molecular weight is 533 g/mol. The highest BCUT2D eigenvalue weighted by atomic mass is 32.2. The van der Waals surface area contributed by atoms with Crippen molar-refractivity contribution in [2.75, 3.05) is 26.4 Å². The van der Waals surface area contributed by atoms with Crippen LogP contribution >= 0.6 is 7.37 Å². The maximum Gasteiger partial charge on any atom is 0.255 e. The Labute approximate surface area is 213 Å². The fourth-order valence-electron chi connectivity index (χ4n) is 4.27. The van der Waals surface area contributed by atoms with Gasteiger partial charge in [-0.1, -0.05) is 29.8 Å². The minimum atomic E-state index is -3.13. The molecule has 1 fully saturated rings. The van der Waals surface area contributed by atoms with Crippen LogP contribution in [0, 0.1) is 6.92 Å². The van der Waals surface area contributed by atoms with Gasteiger partial charge >= 0.3 is 0 Å². The van der Waals surface area contributed by atoms with Crippen LogP contribution < -0.4 is 5.32 Å². The van der Waals surface area contributed by atoms with Crippen LogP contribution in [0.3, 0.4) is 0 Å². The van der Waals surface area contributed by atoms with Gasteiger partial charge in [0, 0.05) is 43.2 Å². The van der Waals surface area contributed by atoms with Crippen molar-refractivity contribution in [3.8, 4) is 11.3 Å². The van der Waals surface area contributed by atoms with Crippen LogP contribution in [-0.4, -0.2) is 55.3 Å². The van der Waals surface area contributed by atoms with Gasteiger partial charge in [0.2, 0.25) is 5.71 Å². The van der Waals surface area contributed by atoms with Crippen molar-refractivity contribution in [1.82, 2.24) is 14.6 Å². The van der Waals surface area contributed by atoms with Crippen LogP contribution in [0.2, 0.25) is 0 Å².